The molecule has 0 heterocycles. The zero-order valence-electron chi connectivity index (χ0n) is 8.26. The lowest BCUT2D eigenvalue weighted by molar-refractivity contribution is -0.125. The summed E-state index contributed by atoms with van der Waals surface area (Å²) in [6.45, 7) is 4.18. The number of amides is 1. The summed E-state index contributed by atoms with van der Waals surface area (Å²) in [5.41, 5.74) is 5.77. The predicted molar refractivity (Wildman–Crippen MR) is 61.0 cm³/mol. The van der Waals surface area contributed by atoms with Crippen molar-refractivity contribution in [1.82, 2.24) is 5.32 Å². The van der Waals surface area contributed by atoms with Crippen LogP contribution in [0.2, 0.25) is 0 Å². The summed E-state index contributed by atoms with van der Waals surface area (Å²) < 4.78 is 0.804. The first kappa shape index (κ1) is 11.7. The van der Waals surface area contributed by atoms with E-state index in [1.807, 2.05) is 0 Å². The number of nitrogens with two attached hydrogens (primary N) is 1. The lowest BCUT2D eigenvalue weighted by Gasteiger charge is -2.25. The highest BCUT2D eigenvalue weighted by molar-refractivity contribution is 9.11. The first-order chi connectivity index (χ1) is 6.59. The Balaban J connectivity index is 2.27. The molecule has 1 aliphatic rings. The molecule has 0 spiro atoms. The zero-order valence-corrected chi connectivity index (χ0v) is 9.85. The topological polar surface area (TPSA) is 55.1 Å². The van der Waals surface area contributed by atoms with Crippen LogP contribution < -0.4 is 11.1 Å². The molecular weight excluding hydrogens is 244 g/mol. The quantitative estimate of drug-likeness (QED) is 0.809. The van der Waals surface area contributed by atoms with Gasteiger partial charge in [0, 0.05) is 23.0 Å². The van der Waals surface area contributed by atoms with Gasteiger partial charge in [-0.1, -0.05) is 22.5 Å². The van der Waals surface area contributed by atoms with E-state index in [1.165, 1.54) is 0 Å². The number of halogens is 1. The molecule has 14 heavy (non-hydrogen) atoms. The maximum atomic E-state index is 11.6. The van der Waals surface area contributed by atoms with Crippen molar-refractivity contribution in [2.45, 2.75) is 31.7 Å². The van der Waals surface area contributed by atoms with E-state index in [1.54, 1.807) is 0 Å². The van der Waals surface area contributed by atoms with Gasteiger partial charge in [-0.25, -0.2) is 0 Å². The maximum absolute atomic E-state index is 11.6. The van der Waals surface area contributed by atoms with Crippen molar-refractivity contribution in [3.05, 3.63) is 11.1 Å². The Kier molecular flexibility index (Phi) is 4.62. The summed E-state index contributed by atoms with van der Waals surface area (Å²) in [6, 6.07) is 0.296. The Bertz CT molecular complexity index is 222. The Morgan fingerprint density at radius 1 is 1.43 bits per heavy atom. The second kappa shape index (κ2) is 5.51. The molecule has 0 bridgehead atoms. The second-order valence-corrected chi connectivity index (χ2v) is 4.97. The van der Waals surface area contributed by atoms with E-state index in [0.29, 0.717) is 12.6 Å². The van der Waals surface area contributed by atoms with Gasteiger partial charge in [-0.2, -0.15) is 0 Å². The molecule has 4 heteroatoms. The van der Waals surface area contributed by atoms with E-state index in [2.05, 4.69) is 27.8 Å². The SMILES string of the molecule is C=C(Br)CNC(=O)C1CCC(N)CC1. The van der Waals surface area contributed by atoms with Gasteiger partial charge in [0.15, 0.2) is 0 Å². The molecule has 80 valence electrons. The molecule has 1 fully saturated rings. The molecule has 1 amide bonds. The van der Waals surface area contributed by atoms with Crippen LogP contribution in [0.5, 0.6) is 0 Å². The average Bonchev–Trinajstić information content (AvgIpc) is 2.15. The van der Waals surface area contributed by atoms with Crippen LogP contribution in [0.25, 0.3) is 0 Å². The summed E-state index contributed by atoms with van der Waals surface area (Å²) in [7, 11) is 0. The molecule has 0 aliphatic heterocycles. The lowest BCUT2D eigenvalue weighted by atomic mass is 9.86. The van der Waals surface area contributed by atoms with Gasteiger partial charge in [0.05, 0.1) is 0 Å². The number of carbonyl (C=O) groups is 1. The van der Waals surface area contributed by atoms with Gasteiger partial charge in [-0.05, 0) is 25.7 Å². The average molecular weight is 261 g/mol. The molecule has 0 aromatic heterocycles. The normalized spacial score (nSPS) is 27.0. The van der Waals surface area contributed by atoms with Gasteiger partial charge in [-0.3, -0.25) is 4.79 Å². The fraction of sp³-hybridized carbons (Fsp3) is 0.700. The van der Waals surface area contributed by atoms with Crippen LogP contribution >= 0.6 is 15.9 Å². The van der Waals surface area contributed by atoms with Crippen molar-refractivity contribution in [3.63, 3.8) is 0 Å². The minimum absolute atomic E-state index is 0.137. The highest BCUT2D eigenvalue weighted by Crippen LogP contribution is 2.23. The summed E-state index contributed by atoms with van der Waals surface area (Å²) in [5, 5.41) is 2.84. The fourth-order valence-electron chi connectivity index (χ4n) is 1.71. The van der Waals surface area contributed by atoms with E-state index < -0.39 is 0 Å². The minimum Gasteiger partial charge on any atom is -0.351 e. The predicted octanol–water partition coefficient (Wildman–Crippen LogP) is 1.53. The van der Waals surface area contributed by atoms with E-state index in [4.69, 9.17) is 5.73 Å². The van der Waals surface area contributed by atoms with Crippen molar-refractivity contribution in [2.75, 3.05) is 6.54 Å². The molecule has 0 aromatic rings. The van der Waals surface area contributed by atoms with Gasteiger partial charge < -0.3 is 11.1 Å². The van der Waals surface area contributed by atoms with Crippen LogP contribution in [0.1, 0.15) is 25.7 Å². The van der Waals surface area contributed by atoms with Crippen molar-refractivity contribution in [2.24, 2.45) is 11.7 Å². The van der Waals surface area contributed by atoms with E-state index in [9.17, 15) is 4.79 Å². The van der Waals surface area contributed by atoms with Crippen molar-refractivity contribution >= 4 is 21.8 Å². The van der Waals surface area contributed by atoms with Crippen LogP contribution in [-0.4, -0.2) is 18.5 Å². The molecule has 0 saturated heterocycles. The smallest absolute Gasteiger partial charge is 0.223 e. The maximum Gasteiger partial charge on any atom is 0.223 e. The fourth-order valence-corrected chi connectivity index (χ4v) is 1.85. The van der Waals surface area contributed by atoms with Crippen LogP contribution in [0.15, 0.2) is 11.1 Å². The molecule has 0 aromatic carbocycles. The number of hydrogen-bond donors (Lipinski definition) is 2. The first-order valence-electron chi connectivity index (χ1n) is 4.96. The largest absolute Gasteiger partial charge is 0.351 e. The van der Waals surface area contributed by atoms with Gasteiger partial charge in [-0.15, -0.1) is 0 Å². The molecule has 0 radical (unpaired) electrons. The summed E-state index contributed by atoms with van der Waals surface area (Å²) in [6.07, 6.45) is 3.77. The lowest BCUT2D eigenvalue weighted by Crippen LogP contribution is -2.36. The Morgan fingerprint density at radius 2 is 2.00 bits per heavy atom. The molecule has 3 nitrogen and oxygen atoms in total. The third kappa shape index (κ3) is 3.80. The molecule has 0 unspecified atom stereocenters. The number of nitrogens with one attached hydrogen (secondary N) is 1. The van der Waals surface area contributed by atoms with E-state index in [-0.39, 0.29) is 11.8 Å². The van der Waals surface area contributed by atoms with Crippen LogP contribution in [-0.2, 0) is 4.79 Å². The third-order valence-corrected chi connectivity index (χ3v) is 2.88. The zero-order chi connectivity index (χ0) is 10.6. The molecule has 1 rings (SSSR count). The third-order valence-electron chi connectivity index (χ3n) is 2.60. The monoisotopic (exact) mass is 260 g/mol. The number of rotatable bonds is 3. The molecule has 0 atom stereocenters. The Hall–Kier alpha value is -0.350. The van der Waals surface area contributed by atoms with Gasteiger partial charge in [0.25, 0.3) is 0 Å². The second-order valence-electron chi connectivity index (χ2n) is 3.85. The number of hydrogen-bond acceptors (Lipinski definition) is 2. The van der Waals surface area contributed by atoms with Crippen molar-refractivity contribution in [1.29, 1.82) is 0 Å². The standard InChI is InChI=1S/C10H17BrN2O/c1-7(11)6-13-10(14)8-2-4-9(12)5-3-8/h8-9H,1-6,12H2,(H,13,14). The summed E-state index contributed by atoms with van der Waals surface area (Å²) in [4.78, 5) is 11.6. The Morgan fingerprint density at radius 3 is 2.50 bits per heavy atom. The van der Waals surface area contributed by atoms with Crippen LogP contribution in [0.4, 0.5) is 0 Å². The Labute approximate surface area is 93.2 Å². The van der Waals surface area contributed by atoms with E-state index >= 15 is 0 Å². The molecule has 3 N–H and O–H groups in total. The summed E-state index contributed by atoms with van der Waals surface area (Å²) >= 11 is 3.21. The minimum atomic E-state index is 0.137. The molecular formula is C10H17BrN2O. The van der Waals surface area contributed by atoms with Crippen molar-refractivity contribution in [3.8, 4) is 0 Å². The summed E-state index contributed by atoms with van der Waals surface area (Å²) in [5.74, 6) is 0.291. The first-order valence-corrected chi connectivity index (χ1v) is 5.75. The van der Waals surface area contributed by atoms with Crippen molar-refractivity contribution < 1.29 is 4.79 Å². The van der Waals surface area contributed by atoms with Gasteiger partial charge in [0.2, 0.25) is 5.91 Å². The van der Waals surface area contributed by atoms with Gasteiger partial charge in [0.1, 0.15) is 0 Å². The highest BCUT2D eigenvalue weighted by atomic mass is 79.9. The molecule has 1 saturated carbocycles. The van der Waals surface area contributed by atoms with Crippen LogP contribution in [0, 0.1) is 5.92 Å². The number of carbonyl (C=O) groups excluding carboxylic acids is 1. The highest BCUT2D eigenvalue weighted by Gasteiger charge is 2.23. The molecule has 1 aliphatic carbocycles. The van der Waals surface area contributed by atoms with Gasteiger partial charge >= 0.3 is 0 Å². The van der Waals surface area contributed by atoms with E-state index in [0.717, 1.165) is 30.2 Å². The van der Waals surface area contributed by atoms with Crippen LogP contribution in [0.3, 0.4) is 0 Å².